The summed E-state index contributed by atoms with van der Waals surface area (Å²) in [5.41, 5.74) is 6.07. The first-order valence-corrected chi connectivity index (χ1v) is 4.28. The van der Waals surface area contributed by atoms with E-state index in [0.717, 1.165) is 6.07 Å². The molecule has 0 heterocycles. The van der Waals surface area contributed by atoms with Gasteiger partial charge in [-0.3, -0.25) is 0 Å². The number of phenols is 1. The number of hydrogen-bond donors (Lipinski definition) is 2. The summed E-state index contributed by atoms with van der Waals surface area (Å²) in [7, 11) is 0. The third-order valence-corrected chi connectivity index (χ3v) is 2.10. The molecule has 1 atom stereocenters. The third-order valence-electron chi connectivity index (χ3n) is 2.10. The minimum Gasteiger partial charge on any atom is -0.505 e. The van der Waals surface area contributed by atoms with E-state index in [1.807, 2.05) is 6.07 Å². The molecule has 0 aliphatic heterocycles. The number of halogens is 1. The van der Waals surface area contributed by atoms with Gasteiger partial charge in [0.15, 0.2) is 11.6 Å². The number of phenolic OH excluding ortho intramolecular Hbond substituents is 1. The van der Waals surface area contributed by atoms with Crippen LogP contribution in [0, 0.1) is 17.1 Å². The van der Waals surface area contributed by atoms with E-state index in [1.54, 1.807) is 6.92 Å². The van der Waals surface area contributed by atoms with Crippen LogP contribution in [0.4, 0.5) is 4.39 Å². The van der Waals surface area contributed by atoms with Crippen LogP contribution in [0.15, 0.2) is 12.1 Å². The van der Waals surface area contributed by atoms with Gasteiger partial charge in [-0.25, -0.2) is 4.39 Å². The van der Waals surface area contributed by atoms with Crippen LogP contribution in [0.2, 0.25) is 0 Å². The number of nitriles is 1. The highest BCUT2D eigenvalue weighted by Gasteiger charge is 2.17. The Hall–Kier alpha value is -1.60. The summed E-state index contributed by atoms with van der Waals surface area (Å²) < 4.78 is 13.0. The van der Waals surface area contributed by atoms with Crippen molar-refractivity contribution in [2.24, 2.45) is 5.73 Å². The van der Waals surface area contributed by atoms with Crippen molar-refractivity contribution in [1.29, 1.82) is 5.26 Å². The van der Waals surface area contributed by atoms with Crippen LogP contribution in [0.1, 0.15) is 30.5 Å². The Labute approximate surface area is 81.6 Å². The topological polar surface area (TPSA) is 70.0 Å². The molecule has 0 bridgehead atoms. The molecule has 1 aromatic carbocycles. The van der Waals surface area contributed by atoms with E-state index in [0.29, 0.717) is 6.42 Å². The maximum atomic E-state index is 13.0. The molecule has 0 radical (unpaired) electrons. The van der Waals surface area contributed by atoms with Gasteiger partial charge in [-0.1, -0.05) is 6.92 Å². The molecule has 3 nitrogen and oxygen atoms in total. The molecule has 0 saturated carbocycles. The number of rotatable bonds is 2. The SMILES string of the molecule is CC[C@@H](N)c1c(C#N)ccc(F)c1O. The first-order chi connectivity index (χ1) is 6.61. The average Bonchev–Trinajstić information content (AvgIpc) is 2.20. The van der Waals surface area contributed by atoms with Crippen molar-refractivity contribution in [3.8, 4) is 11.8 Å². The molecular weight excluding hydrogens is 183 g/mol. The molecule has 1 rings (SSSR count). The number of aromatic hydroxyl groups is 1. The van der Waals surface area contributed by atoms with Gasteiger partial charge in [0.1, 0.15) is 0 Å². The molecule has 0 amide bonds. The number of hydrogen-bond acceptors (Lipinski definition) is 3. The Bertz CT molecular complexity index is 384. The molecule has 0 fully saturated rings. The van der Waals surface area contributed by atoms with Gasteiger partial charge in [-0.15, -0.1) is 0 Å². The highest BCUT2D eigenvalue weighted by Crippen LogP contribution is 2.30. The van der Waals surface area contributed by atoms with Gasteiger partial charge in [0, 0.05) is 11.6 Å². The Morgan fingerprint density at radius 2 is 2.29 bits per heavy atom. The zero-order valence-electron chi connectivity index (χ0n) is 7.79. The maximum absolute atomic E-state index is 13.0. The van der Waals surface area contributed by atoms with E-state index >= 15 is 0 Å². The van der Waals surface area contributed by atoms with Crippen molar-refractivity contribution < 1.29 is 9.50 Å². The van der Waals surface area contributed by atoms with Crippen molar-refractivity contribution in [2.45, 2.75) is 19.4 Å². The smallest absolute Gasteiger partial charge is 0.165 e. The molecule has 3 N–H and O–H groups in total. The second-order valence-electron chi connectivity index (χ2n) is 2.98. The van der Waals surface area contributed by atoms with E-state index < -0.39 is 17.6 Å². The fourth-order valence-corrected chi connectivity index (χ4v) is 1.26. The van der Waals surface area contributed by atoms with Crippen LogP contribution in [-0.4, -0.2) is 5.11 Å². The highest BCUT2D eigenvalue weighted by molar-refractivity contribution is 5.48. The Morgan fingerprint density at radius 3 is 2.79 bits per heavy atom. The van der Waals surface area contributed by atoms with Gasteiger partial charge in [-0.05, 0) is 18.6 Å². The van der Waals surface area contributed by atoms with Crippen LogP contribution >= 0.6 is 0 Å². The minimum atomic E-state index is -0.747. The van der Waals surface area contributed by atoms with E-state index in [4.69, 9.17) is 11.0 Å². The van der Waals surface area contributed by atoms with Gasteiger partial charge in [-0.2, -0.15) is 5.26 Å². The van der Waals surface area contributed by atoms with Crippen LogP contribution in [0.3, 0.4) is 0 Å². The predicted octanol–water partition coefficient (Wildman–Crippen LogP) is 1.81. The summed E-state index contributed by atoms with van der Waals surface area (Å²) in [5, 5.41) is 18.1. The summed E-state index contributed by atoms with van der Waals surface area (Å²) in [6.45, 7) is 1.80. The number of nitrogens with zero attached hydrogens (tertiary/aromatic N) is 1. The van der Waals surface area contributed by atoms with Gasteiger partial charge < -0.3 is 10.8 Å². The molecule has 14 heavy (non-hydrogen) atoms. The highest BCUT2D eigenvalue weighted by atomic mass is 19.1. The van der Waals surface area contributed by atoms with Crippen LogP contribution in [0.25, 0.3) is 0 Å². The lowest BCUT2D eigenvalue weighted by atomic mass is 9.98. The lowest BCUT2D eigenvalue weighted by Crippen LogP contribution is -2.11. The maximum Gasteiger partial charge on any atom is 0.165 e. The normalized spacial score (nSPS) is 12.1. The molecule has 4 heteroatoms. The summed E-state index contributed by atoms with van der Waals surface area (Å²) in [6, 6.07) is 3.73. The number of nitrogens with two attached hydrogens (primary N) is 1. The van der Waals surface area contributed by atoms with Gasteiger partial charge in [0.05, 0.1) is 11.6 Å². The first-order valence-electron chi connectivity index (χ1n) is 4.28. The Morgan fingerprint density at radius 1 is 1.64 bits per heavy atom. The van der Waals surface area contributed by atoms with Crippen LogP contribution < -0.4 is 5.73 Å². The zero-order valence-corrected chi connectivity index (χ0v) is 7.79. The van der Waals surface area contributed by atoms with Crippen LogP contribution in [-0.2, 0) is 0 Å². The largest absolute Gasteiger partial charge is 0.505 e. The summed E-state index contributed by atoms with van der Waals surface area (Å²) in [5.74, 6) is -1.26. The second kappa shape index (κ2) is 4.07. The van der Waals surface area contributed by atoms with Crippen molar-refractivity contribution in [3.63, 3.8) is 0 Å². The molecule has 0 aliphatic rings. The second-order valence-corrected chi connectivity index (χ2v) is 2.98. The van der Waals surface area contributed by atoms with Gasteiger partial charge in [0.2, 0.25) is 0 Å². The van der Waals surface area contributed by atoms with Crippen LogP contribution in [0.5, 0.6) is 5.75 Å². The molecule has 0 aliphatic carbocycles. The quantitative estimate of drug-likeness (QED) is 0.754. The predicted molar refractivity (Wildman–Crippen MR) is 50.0 cm³/mol. The molecule has 0 aromatic heterocycles. The Balaban J connectivity index is 3.37. The van der Waals surface area contributed by atoms with Crippen molar-refractivity contribution in [2.75, 3.05) is 0 Å². The molecule has 0 saturated heterocycles. The van der Waals surface area contributed by atoms with E-state index in [-0.39, 0.29) is 11.1 Å². The fraction of sp³-hybridized carbons (Fsp3) is 0.300. The van der Waals surface area contributed by atoms with Crippen molar-refractivity contribution in [1.82, 2.24) is 0 Å². The summed E-state index contributed by atoms with van der Waals surface area (Å²) in [4.78, 5) is 0. The third kappa shape index (κ3) is 1.68. The Kier molecular flexibility index (Phi) is 3.05. The molecule has 74 valence electrons. The summed E-state index contributed by atoms with van der Waals surface area (Å²) in [6.07, 6.45) is 0.533. The number of benzene rings is 1. The standard InChI is InChI=1S/C10H11FN2O/c1-2-8(13)9-6(5-12)3-4-7(11)10(9)14/h3-4,8,14H,2,13H2,1H3/t8-/m1/s1. The van der Waals surface area contributed by atoms with Gasteiger partial charge in [0.25, 0.3) is 0 Å². The van der Waals surface area contributed by atoms with Crippen molar-refractivity contribution in [3.05, 3.63) is 29.1 Å². The van der Waals surface area contributed by atoms with Gasteiger partial charge >= 0.3 is 0 Å². The summed E-state index contributed by atoms with van der Waals surface area (Å²) >= 11 is 0. The minimum absolute atomic E-state index is 0.190. The van der Waals surface area contributed by atoms with E-state index in [9.17, 15) is 9.50 Å². The monoisotopic (exact) mass is 194 g/mol. The molecule has 0 spiro atoms. The lowest BCUT2D eigenvalue weighted by molar-refractivity contribution is 0.419. The van der Waals surface area contributed by atoms with E-state index in [1.165, 1.54) is 6.07 Å². The van der Waals surface area contributed by atoms with E-state index in [2.05, 4.69) is 0 Å². The fourth-order valence-electron chi connectivity index (χ4n) is 1.26. The zero-order chi connectivity index (χ0) is 10.7. The molecule has 0 unspecified atom stereocenters. The molecular formula is C10H11FN2O. The van der Waals surface area contributed by atoms with Crippen molar-refractivity contribution >= 4 is 0 Å². The molecule has 1 aromatic rings. The average molecular weight is 194 g/mol. The first kappa shape index (κ1) is 10.5. The lowest BCUT2D eigenvalue weighted by Gasteiger charge is -2.13.